The van der Waals surface area contributed by atoms with E-state index in [0.717, 1.165) is 55.1 Å². The number of hydrogen-bond acceptors (Lipinski definition) is 4. The molecule has 3 heterocycles. The Labute approximate surface area is 147 Å². The predicted octanol–water partition coefficient (Wildman–Crippen LogP) is 3.19. The van der Waals surface area contributed by atoms with Crippen molar-refractivity contribution in [3.8, 4) is 11.1 Å². The largest absolute Gasteiger partial charge is 0.381 e. The van der Waals surface area contributed by atoms with Crippen LogP contribution in [0.3, 0.4) is 0 Å². The van der Waals surface area contributed by atoms with Crippen molar-refractivity contribution in [1.82, 2.24) is 4.57 Å². The zero-order valence-electron chi connectivity index (χ0n) is 14.5. The number of ether oxygens (including phenoxy) is 1. The van der Waals surface area contributed by atoms with Crippen LogP contribution in [0.5, 0.6) is 0 Å². The van der Waals surface area contributed by atoms with Crippen LogP contribution < -0.4 is 10.9 Å². The monoisotopic (exact) mass is 337 g/mol. The Hall–Kier alpha value is -2.40. The summed E-state index contributed by atoms with van der Waals surface area (Å²) in [4.78, 5) is 16.3. The third-order valence-corrected chi connectivity index (χ3v) is 5.07. The molecule has 0 spiro atoms. The topological polar surface area (TPSA) is 55.6 Å². The highest BCUT2D eigenvalue weighted by Crippen LogP contribution is 2.29. The third-order valence-electron chi connectivity index (χ3n) is 5.07. The van der Waals surface area contributed by atoms with Crippen molar-refractivity contribution in [3.05, 3.63) is 52.4 Å². The van der Waals surface area contributed by atoms with E-state index in [1.54, 1.807) is 17.7 Å². The maximum atomic E-state index is 11.6. The SMILES string of the molecule is Cn1cc(-c2ccc3c(c2)CN=C(CC2CCOCC2)N3)ccc1=O. The molecule has 0 aliphatic carbocycles. The number of benzene rings is 1. The highest BCUT2D eigenvalue weighted by Gasteiger charge is 2.19. The number of aromatic nitrogens is 1. The van der Waals surface area contributed by atoms with Crippen LogP contribution in [0, 0.1) is 5.92 Å². The van der Waals surface area contributed by atoms with E-state index in [9.17, 15) is 4.79 Å². The lowest BCUT2D eigenvalue weighted by Gasteiger charge is -2.25. The first-order chi connectivity index (χ1) is 12.2. The molecule has 4 rings (SSSR count). The second-order valence-corrected chi connectivity index (χ2v) is 6.89. The molecule has 0 saturated carbocycles. The lowest BCUT2D eigenvalue weighted by atomic mass is 9.95. The fourth-order valence-electron chi connectivity index (χ4n) is 3.51. The van der Waals surface area contributed by atoms with Crippen molar-refractivity contribution >= 4 is 11.5 Å². The zero-order valence-corrected chi connectivity index (χ0v) is 14.5. The number of anilines is 1. The normalized spacial score (nSPS) is 17.6. The molecule has 1 N–H and O–H groups in total. The molecule has 0 amide bonds. The van der Waals surface area contributed by atoms with Gasteiger partial charge in [0.2, 0.25) is 5.56 Å². The summed E-state index contributed by atoms with van der Waals surface area (Å²) in [6.07, 6.45) is 5.13. The first-order valence-electron chi connectivity index (χ1n) is 8.87. The molecule has 0 radical (unpaired) electrons. The van der Waals surface area contributed by atoms with Gasteiger partial charge in [-0.15, -0.1) is 0 Å². The molecule has 0 unspecified atom stereocenters. The summed E-state index contributed by atoms with van der Waals surface area (Å²) >= 11 is 0. The van der Waals surface area contributed by atoms with E-state index in [0.29, 0.717) is 12.5 Å². The Bertz CT molecular complexity index is 863. The minimum Gasteiger partial charge on any atom is -0.381 e. The average molecular weight is 337 g/mol. The van der Waals surface area contributed by atoms with Crippen LogP contribution in [0.2, 0.25) is 0 Å². The maximum absolute atomic E-state index is 11.6. The summed E-state index contributed by atoms with van der Waals surface area (Å²) in [5, 5.41) is 3.50. The van der Waals surface area contributed by atoms with Crippen LogP contribution in [-0.4, -0.2) is 23.6 Å². The number of fused-ring (bicyclic) bond motifs is 1. The minimum absolute atomic E-state index is 0.00531. The maximum Gasteiger partial charge on any atom is 0.250 e. The number of aliphatic imine (C=N–C) groups is 1. The van der Waals surface area contributed by atoms with Gasteiger partial charge in [0, 0.05) is 44.6 Å². The van der Waals surface area contributed by atoms with Gasteiger partial charge in [-0.2, -0.15) is 0 Å². The molecule has 1 saturated heterocycles. The predicted molar refractivity (Wildman–Crippen MR) is 100 cm³/mol. The first-order valence-corrected chi connectivity index (χ1v) is 8.87. The molecule has 5 nitrogen and oxygen atoms in total. The molecular formula is C20H23N3O2. The number of nitrogens with one attached hydrogen (secondary N) is 1. The van der Waals surface area contributed by atoms with Gasteiger partial charge in [0.05, 0.1) is 6.54 Å². The fourth-order valence-corrected chi connectivity index (χ4v) is 3.51. The summed E-state index contributed by atoms with van der Waals surface area (Å²) < 4.78 is 7.04. The second kappa shape index (κ2) is 6.84. The highest BCUT2D eigenvalue weighted by atomic mass is 16.5. The summed E-state index contributed by atoms with van der Waals surface area (Å²) in [6, 6.07) is 9.87. The fraction of sp³-hybridized carbons (Fsp3) is 0.400. The average Bonchev–Trinajstić information content (AvgIpc) is 2.64. The van der Waals surface area contributed by atoms with Gasteiger partial charge in [-0.3, -0.25) is 9.79 Å². The van der Waals surface area contributed by atoms with Gasteiger partial charge in [0.1, 0.15) is 5.84 Å². The number of hydrogen-bond donors (Lipinski definition) is 1. The van der Waals surface area contributed by atoms with Crippen LogP contribution >= 0.6 is 0 Å². The third kappa shape index (κ3) is 3.51. The van der Waals surface area contributed by atoms with Crippen LogP contribution in [0.15, 0.2) is 46.3 Å². The molecule has 2 aliphatic heterocycles. The van der Waals surface area contributed by atoms with Crippen molar-refractivity contribution in [2.75, 3.05) is 18.5 Å². The second-order valence-electron chi connectivity index (χ2n) is 6.89. The summed E-state index contributed by atoms with van der Waals surface area (Å²) in [5.41, 5.74) is 4.50. The van der Waals surface area contributed by atoms with Crippen molar-refractivity contribution in [1.29, 1.82) is 0 Å². The molecule has 130 valence electrons. The van der Waals surface area contributed by atoms with Crippen molar-refractivity contribution in [3.63, 3.8) is 0 Å². The van der Waals surface area contributed by atoms with Gasteiger partial charge < -0.3 is 14.6 Å². The molecule has 2 aromatic rings. The van der Waals surface area contributed by atoms with E-state index >= 15 is 0 Å². The summed E-state index contributed by atoms with van der Waals surface area (Å²) in [7, 11) is 1.78. The number of amidine groups is 1. The number of pyridine rings is 1. The smallest absolute Gasteiger partial charge is 0.250 e. The van der Waals surface area contributed by atoms with E-state index < -0.39 is 0 Å². The first kappa shape index (κ1) is 16.1. The van der Waals surface area contributed by atoms with Crippen LogP contribution in [0.25, 0.3) is 11.1 Å². The van der Waals surface area contributed by atoms with Gasteiger partial charge in [-0.05, 0) is 53.6 Å². The Morgan fingerprint density at radius 3 is 2.80 bits per heavy atom. The Morgan fingerprint density at radius 2 is 2.00 bits per heavy atom. The van der Waals surface area contributed by atoms with Gasteiger partial charge in [-0.1, -0.05) is 6.07 Å². The van der Waals surface area contributed by atoms with Crippen LogP contribution in [0.4, 0.5) is 5.69 Å². The van der Waals surface area contributed by atoms with Crippen LogP contribution in [0.1, 0.15) is 24.8 Å². The highest BCUT2D eigenvalue weighted by molar-refractivity contribution is 5.98. The van der Waals surface area contributed by atoms with E-state index in [1.807, 2.05) is 12.3 Å². The number of aryl methyl sites for hydroxylation is 1. The molecule has 2 aliphatic rings. The minimum atomic E-state index is 0.00531. The van der Waals surface area contributed by atoms with E-state index in [2.05, 4.69) is 23.5 Å². The van der Waals surface area contributed by atoms with Crippen LogP contribution in [-0.2, 0) is 18.3 Å². The summed E-state index contributed by atoms with van der Waals surface area (Å²) in [6.45, 7) is 2.45. The van der Waals surface area contributed by atoms with Crippen molar-refractivity contribution in [2.45, 2.75) is 25.8 Å². The molecule has 5 heteroatoms. The van der Waals surface area contributed by atoms with E-state index in [-0.39, 0.29) is 5.56 Å². The van der Waals surface area contributed by atoms with Crippen molar-refractivity contribution < 1.29 is 4.74 Å². The molecule has 25 heavy (non-hydrogen) atoms. The molecule has 1 aromatic carbocycles. The molecule has 0 atom stereocenters. The summed E-state index contributed by atoms with van der Waals surface area (Å²) in [5.74, 6) is 1.76. The number of rotatable bonds is 3. The standard InChI is InChI=1S/C20H23N3O2/c1-23-13-16(3-5-20(23)24)15-2-4-18-17(11-15)12-21-19(22-18)10-14-6-8-25-9-7-14/h2-5,11,13-14H,6-10,12H2,1H3,(H,21,22). The van der Waals surface area contributed by atoms with Gasteiger partial charge in [-0.25, -0.2) is 0 Å². The zero-order chi connectivity index (χ0) is 17.2. The molecular weight excluding hydrogens is 314 g/mol. The molecule has 1 aromatic heterocycles. The van der Waals surface area contributed by atoms with Gasteiger partial charge in [0.25, 0.3) is 0 Å². The quantitative estimate of drug-likeness (QED) is 0.936. The lowest BCUT2D eigenvalue weighted by Crippen LogP contribution is -2.24. The molecule has 1 fully saturated rings. The number of nitrogens with zero attached hydrogens (tertiary/aromatic N) is 2. The Balaban J connectivity index is 1.51. The lowest BCUT2D eigenvalue weighted by molar-refractivity contribution is 0.0684. The molecule has 0 bridgehead atoms. The van der Waals surface area contributed by atoms with E-state index in [4.69, 9.17) is 9.73 Å². The van der Waals surface area contributed by atoms with Gasteiger partial charge >= 0.3 is 0 Å². The Morgan fingerprint density at radius 1 is 1.20 bits per heavy atom. The van der Waals surface area contributed by atoms with Crippen molar-refractivity contribution in [2.24, 2.45) is 18.0 Å². The van der Waals surface area contributed by atoms with Gasteiger partial charge in [0.15, 0.2) is 0 Å². The van der Waals surface area contributed by atoms with E-state index in [1.165, 1.54) is 5.56 Å². The Kier molecular flexibility index (Phi) is 4.40.